The number of aryl methyl sites for hydroxylation is 3. The van der Waals surface area contributed by atoms with Crippen LogP contribution in [0.5, 0.6) is 0 Å². The highest BCUT2D eigenvalue weighted by atomic mass is 19.4. The zero-order valence-electron chi connectivity index (χ0n) is 28.0. The second kappa shape index (κ2) is 14.6. The first-order chi connectivity index (χ1) is 22.4. The fraction of sp³-hybridized carbons (Fsp3) is 0.472. The molecule has 2 atom stereocenters. The molecule has 12 heteroatoms. The molecule has 0 saturated carbocycles. The van der Waals surface area contributed by atoms with Gasteiger partial charge in [0.2, 0.25) is 5.91 Å². The lowest BCUT2D eigenvalue weighted by Gasteiger charge is -2.32. The number of hydrogen-bond acceptors (Lipinski definition) is 4. The van der Waals surface area contributed by atoms with Gasteiger partial charge in [0.05, 0.1) is 18.0 Å². The Morgan fingerprint density at radius 3 is 2.12 bits per heavy atom. The number of benzene rings is 2. The van der Waals surface area contributed by atoms with Crippen LogP contribution in [0.3, 0.4) is 0 Å². The van der Waals surface area contributed by atoms with Crippen molar-refractivity contribution in [3.63, 3.8) is 0 Å². The van der Waals surface area contributed by atoms with Crippen molar-refractivity contribution >= 4 is 11.9 Å². The van der Waals surface area contributed by atoms with Crippen molar-refractivity contribution in [2.45, 2.75) is 84.5 Å². The van der Waals surface area contributed by atoms with Gasteiger partial charge in [-0.2, -0.15) is 13.2 Å². The summed E-state index contributed by atoms with van der Waals surface area (Å²) in [4.78, 5) is 41.4. The Labute approximate surface area is 276 Å². The molecule has 1 aliphatic rings. The van der Waals surface area contributed by atoms with Crippen LogP contribution in [0.2, 0.25) is 0 Å². The van der Waals surface area contributed by atoms with E-state index in [2.05, 4.69) is 5.32 Å². The fourth-order valence-corrected chi connectivity index (χ4v) is 6.73. The molecule has 0 bridgehead atoms. The molecule has 1 aliphatic heterocycles. The predicted molar refractivity (Wildman–Crippen MR) is 173 cm³/mol. The van der Waals surface area contributed by atoms with Gasteiger partial charge in [-0.05, 0) is 130 Å². The Bertz CT molecular complexity index is 1720. The summed E-state index contributed by atoms with van der Waals surface area (Å²) in [6.45, 7) is 9.56. The molecule has 1 aromatic heterocycles. The van der Waals surface area contributed by atoms with Gasteiger partial charge in [0.15, 0.2) is 0 Å². The summed E-state index contributed by atoms with van der Waals surface area (Å²) in [6, 6.07) is 3.45. The van der Waals surface area contributed by atoms with Crippen molar-refractivity contribution in [3.8, 4) is 11.1 Å². The number of carbonyl (C=O) groups excluding carboxylic acids is 1. The largest absolute Gasteiger partial charge is 0.481 e. The van der Waals surface area contributed by atoms with Gasteiger partial charge in [0, 0.05) is 17.8 Å². The average Bonchev–Trinajstić information content (AvgIpc) is 2.96. The zero-order valence-corrected chi connectivity index (χ0v) is 28.0. The van der Waals surface area contributed by atoms with Gasteiger partial charge >= 0.3 is 12.1 Å². The standard InChI is InChI=1S/C36H42F5N3O4/c1-19(2)11-30(44-18-27(23-7-9-43(6)10-8-23)28(16-31(44)45)36(39,40)41)35(48)42-29(17-32(46)47)26-15-24(12-22(5)34(26)38)33-20(3)13-25(37)14-21(33)4/h12-16,18-19,23,29-30H,7-11,17H2,1-6H3,(H,42,48)(H,46,47)/t29-,30+/m0/s1. The molecule has 7 nitrogen and oxygen atoms in total. The summed E-state index contributed by atoms with van der Waals surface area (Å²) in [5, 5.41) is 12.4. The van der Waals surface area contributed by atoms with Gasteiger partial charge in [-0.3, -0.25) is 14.4 Å². The van der Waals surface area contributed by atoms with Crippen molar-refractivity contribution in [1.82, 2.24) is 14.8 Å². The van der Waals surface area contributed by atoms with Gasteiger partial charge in [0.1, 0.15) is 17.7 Å². The van der Waals surface area contributed by atoms with E-state index in [-0.39, 0.29) is 29.0 Å². The number of nitrogens with zero attached hydrogens (tertiary/aromatic N) is 2. The molecule has 4 rings (SSSR count). The van der Waals surface area contributed by atoms with Crippen LogP contribution < -0.4 is 10.9 Å². The molecule has 0 spiro atoms. The first kappa shape index (κ1) is 36.8. The molecule has 0 aliphatic carbocycles. The number of carboxylic acid groups (broad SMARTS) is 1. The minimum atomic E-state index is -4.79. The van der Waals surface area contributed by atoms with Crippen LogP contribution in [0.1, 0.15) is 90.9 Å². The molecule has 1 fully saturated rings. The van der Waals surface area contributed by atoms with Gasteiger partial charge < -0.3 is 19.9 Å². The van der Waals surface area contributed by atoms with E-state index in [1.54, 1.807) is 33.8 Å². The maximum atomic E-state index is 15.8. The molecular formula is C36H42F5N3O4. The number of nitrogens with one attached hydrogen (secondary N) is 1. The molecule has 0 unspecified atom stereocenters. The molecule has 260 valence electrons. The first-order valence-corrected chi connectivity index (χ1v) is 16.0. The van der Waals surface area contributed by atoms with Crippen LogP contribution in [0.4, 0.5) is 22.0 Å². The molecule has 1 amide bonds. The minimum absolute atomic E-state index is 0.0409. The Balaban J connectivity index is 1.81. The molecule has 48 heavy (non-hydrogen) atoms. The summed E-state index contributed by atoms with van der Waals surface area (Å²) < 4.78 is 73.4. The van der Waals surface area contributed by atoms with Crippen molar-refractivity contribution in [2.75, 3.05) is 20.1 Å². The number of likely N-dealkylation sites (tertiary alicyclic amines) is 1. The Kier molecular flexibility index (Phi) is 11.2. The summed E-state index contributed by atoms with van der Waals surface area (Å²) in [5.74, 6) is -4.06. The maximum Gasteiger partial charge on any atom is 0.416 e. The third-order valence-corrected chi connectivity index (χ3v) is 9.05. The number of aliphatic carboxylic acids is 1. The molecular weight excluding hydrogens is 633 g/mol. The van der Waals surface area contributed by atoms with Crippen molar-refractivity contribution in [2.24, 2.45) is 5.92 Å². The fourth-order valence-electron chi connectivity index (χ4n) is 6.73. The Morgan fingerprint density at radius 2 is 1.58 bits per heavy atom. The van der Waals surface area contributed by atoms with Gasteiger partial charge in [-0.1, -0.05) is 13.8 Å². The van der Waals surface area contributed by atoms with E-state index in [0.717, 1.165) is 10.8 Å². The predicted octanol–water partition coefficient (Wildman–Crippen LogP) is 7.47. The van der Waals surface area contributed by atoms with Crippen molar-refractivity contribution < 1.29 is 36.6 Å². The normalized spacial score (nSPS) is 15.8. The van der Waals surface area contributed by atoms with Gasteiger partial charge in [-0.25, -0.2) is 8.78 Å². The molecule has 2 heterocycles. The number of rotatable bonds is 10. The number of aromatic nitrogens is 1. The summed E-state index contributed by atoms with van der Waals surface area (Å²) in [5.41, 5.74) is 0.158. The SMILES string of the molecule is Cc1cc(-c2c(C)cc(F)cc2C)cc([C@H](CC(=O)O)NC(=O)[C@@H](CC(C)C)n2cc(C3CCN(C)CC3)c(C(F)(F)F)cc2=O)c1F. The van der Waals surface area contributed by atoms with E-state index in [4.69, 9.17) is 0 Å². The van der Waals surface area contributed by atoms with Gasteiger partial charge in [-0.15, -0.1) is 0 Å². The van der Waals surface area contributed by atoms with E-state index < -0.39 is 65.2 Å². The second-order valence-corrected chi connectivity index (χ2v) is 13.4. The lowest BCUT2D eigenvalue weighted by atomic mass is 9.87. The maximum absolute atomic E-state index is 15.8. The molecule has 1 saturated heterocycles. The molecule has 2 N–H and O–H groups in total. The average molecular weight is 676 g/mol. The number of piperidine rings is 1. The smallest absolute Gasteiger partial charge is 0.416 e. The Morgan fingerprint density at radius 1 is 0.979 bits per heavy atom. The highest BCUT2D eigenvalue weighted by molar-refractivity contribution is 5.82. The highest BCUT2D eigenvalue weighted by Crippen LogP contribution is 2.39. The van der Waals surface area contributed by atoms with Crippen LogP contribution in [0.25, 0.3) is 11.1 Å². The quantitative estimate of drug-likeness (QED) is 0.218. The topological polar surface area (TPSA) is 91.6 Å². The van der Waals surface area contributed by atoms with E-state index in [0.29, 0.717) is 54.3 Å². The van der Waals surface area contributed by atoms with Crippen LogP contribution in [0, 0.1) is 38.3 Å². The minimum Gasteiger partial charge on any atom is -0.481 e. The van der Waals surface area contributed by atoms with Crippen LogP contribution in [-0.2, 0) is 15.8 Å². The molecule has 3 aromatic rings. The summed E-state index contributed by atoms with van der Waals surface area (Å²) in [7, 11) is 1.88. The highest BCUT2D eigenvalue weighted by Gasteiger charge is 2.38. The summed E-state index contributed by atoms with van der Waals surface area (Å²) >= 11 is 0. The lowest BCUT2D eigenvalue weighted by Crippen LogP contribution is -2.41. The molecule has 2 aromatic carbocycles. The molecule has 0 radical (unpaired) electrons. The number of carboxylic acids is 1. The zero-order chi connectivity index (χ0) is 35.7. The number of amides is 1. The van der Waals surface area contributed by atoms with Gasteiger partial charge in [0.25, 0.3) is 5.56 Å². The van der Waals surface area contributed by atoms with Crippen molar-refractivity contribution in [3.05, 3.63) is 91.9 Å². The first-order valence-electron chi connectivity index (χ1n) is 16.0. The number of carbonyl (C=O) groups is 2. The van der Waals surface area contributed by atoms with E-state index >= 15 is 4.39 Å². The van der Waals surface area contributed by atoms with E-state index in [1.165, 1.54) is 25.1 Å². The van der Waals surface area contributed by atoms with E-state index in [1.807, 2.05) is 11.9 Å². The summed E-state index contributed by atoms with van der Waals surface area (Å²) in [6.07, 6.45) is -3.47. The number of hydrogen-bond donors (Lipinski definition) is 2. The van der Waals surface area contributed by atoms with E-state index in [9.17, 15) is 37.1 Å². The van der Waals surface area contributed by atoms with Crippen LogP contribution in [0.15, 0.2) is 41.3 Å². The number of pyridine rings is 1. The number of alkyl halides is 3. The second-order valence-electron chi connectivity index (χ2n) is 13.4. The third kappa shape index (κ3) is 8.32. The Hall–Kier alpha value is -4.06. The monoisotopic (exact) mass is 675 g/mol. The van der Waals surface area contributed by atoms with Crippen molar-refractivity contribution in [1.29, 1.82) is 0 Å². The van der Waals surface area contributed by atoms with Crippen LogP contribution >= 0.6 is 0 Å². The lowest BCUT2D eigenvalue weighted by molar-refractivity contribution is -0.139. The third-order valence-electron chi connectivity index (χ3n) is 9.05. The van der Waals surface area contributed by atoms with Crippen LogP contribution in [-0.4, -0.2) is 46.6 Å². The number of halogens is 5.